The van der Waals surface area contributed by atoms with E-state index in [1.807, 2.05) is 0 Å². The van der Waals surface area contributed by atoms with Crippen LogP contribution in [0.4, 0.5) is 0 Å². The molecular formula is C13H9BrO6. The summed E-state index contributed by atoms with van der Waals surface area (Å²) in [4.78, 5) is 12.2. The van der Waals surface area contributed by atoms with Crippen LogP contribution < -0.4 is 0 Å². The van der Waals surface area contributed by atoms with Crippen LogP contribution in [0.1, 0.15) is 15.9 Å². The maximum atomic E-state index is 12.2. The number of phenols is 5. The summed E-state index contributed by atoms with van der Waals surface area (Å²) in [7, 11) is 0. The molecule has 0 aliphatic rings. The van der Waals surface area contributed by atoms with Crippen molar-refractivity contribution in [3.05, 3.63) is 39.9 Å². The predicted molar refractivity (Wildman–Crippen MR) is 72.3 cm³/mol. The highest BCUT2D eigenvalue weighted by molar-refractivity contribution is 9.10. The summed E-state index contributed by atoms with van der Waals surface area (Å²) in [6.45, 7) is 0. The molecule has 0 heterocycles. The quantitative estimate of drug-likeness (QED) is 0.422. The summed E-state index contributed by atoms with van der Waals surface area (Å²) in [5, 5.41) is 47.4. The predicted octanol–water partition coefficient (Wildman–Crippen LogP) is 2.21. The Kier molecular flexibility index (Phi) is 3.46. The van der Waals surface area contributed by atoms with E-state index in [1.165, 1.54) is 12.1 Å². The molecule has 0 saturated heterocycles. The molecule has 20 heavy (non-hydrogen) atoms. The Morgan fingerprint density at radius 1 is 0.850 bits per heavy atom. The fourth-order valence-electron chi connectivity index (χ4n) is 1.65. The molecular weight excluding hydrogens is 332 g/mol. The molecule has 6 nitrogen and oxygen atoms in total. The zero-order chi connectivity index (χ0) is 15.0. The molecule has 7 heteroatoms. The SMILES string of the molecule is O=C(c1ccc(O)cc1O)c1cc(Br)c(O)c(O)c1O. The lowest BCUT2D eigenvalue weighted by Gasteiger charge is -2.10. The molecule has 5 N–H and O–H groups in total. The number of ketones is 1. The van der Waals surface area contributed by atoms with Crippen molar-refractivity contribution in [2.75, 3.05) is 0 Å². The summed E-state index contributed by atoms with van der Waals surface area (Å²) < 4.78 is 0.00872. The van der Waals surface area contributed by atoms with Crippen LogP contribution >= 0.6 is 15.9 Å². The number of carbonyl (C=O) groups is 1. The number of rotatable bonds is 2. The van der Waals surface area contributed by atoms with Crippen LogP contribution in [0, 0.1) is 0 Å². The maximum absolute atomic E-state index is 12.2. The van der Waals surface area contributed by atoms with Gasteiger partial charge in [0.15, 0.2) is 11.5 Å². The molecule has 2 aromatic rings. The van der Waals surface area contributed by atoms with E-state index in [9.17, 15) is 25.2 Å². The summed E-state index contributed by atoms with van der Waals surface area (Å²) >= 11 is 2.93. The zero-order valence-corrected chi connectivity index (χ0v) is 11.4. The van der Waals surface area contributed by atoms with Crippen molar-refractivity contribution in [2.24, 2.45) is 0 Å². The van der Waals surface area contributed by atoms with Gasteiger partial charge in [0.25, 0.3) is 0 Å². The summed E-state index contributed by atoms with van der Waals surface area (Å²) in [5.41, 5.74) is -0.483. The van der Waals surface area contributed by atoms with Crippen molar-refractivity contribution < 1.29 is 30.3 Å². The Bertz CT molecular complexity index is 710. The smallest absolute Gasteiger partial charge is 0.202 e. The molecule has 2 rings (SSSR count). The largest absolute Gasteiger partial charge is 0.508 e. The average Bonchev–Trinajstić information content (AvgIpc) is 2.40. The average molecular weight is 341 g/mol. The van der Waals surface area contributed by atoms with Gasteiger partial charge in [-0.3, -0.25) is 4.79 Å². The van der Waals surface area contributed by atoms with Gasteiger partial charge in [-0.2, -0.15) is 0 Å². The molecule has 0 aliphatic heterocycles. The molecule has 0 bridgehead atoms. The van der Waals surface area contributed by atoms with Gasteiger partial charge in [-0.25, -0.2) is 0 Å². The Balaban J connectivity index is 2.60. The minimum atomic E-state index is -0.846. The number of halogens is 1. The summed E-state index contributed by atoms with van der Waals surface area (Å²) in [6.07, 6.45) is 0. The minimum absolute atomic E-state index is 0.00872. The molecule has 0 saturated carbocycles. The lowest BCUT2D eigenvalue weighted by Crippen LogP contribution is -2.02. The van der Waals surface area contributed by atoms with Gasteiger partial charge >= 0.3 is 0 Å². The molecule has 0 spiro atoms. The van der Waals surface area contributed by atoms with E-state index in [1.54, 1.807) is 0 Å². The van der Waals surface area contributed by atoms with Crippen molar-refractivity contribution >= 4 is 21.7 Å². The van der Waals surface area contributed by atoms with Crippen LogP contribution in [0.2, 0.25) is 0 Å². The second-order valence-corrected chi connectivity index (χ2v) is 4.84. The van der Waals surface area contributed by atoms with E-state index in [2.05, 4.69) is 15.9 Å². The molecule has 0 atom stereocenters. The fraction of sp³-hybridized carbons (Fsp3) is 0. The van der Waals surface area contributed by atoms with Crippen LogP contribution in [0.15, 0.2) is 28.7 Å². The van der Waals surface area contributed by atoms with Gasteiger partial charge in [-0.05, 0) is 34.1 Å². The van der Waals surface area contributed by atoms with Gasteiger partial charge in [0.05, 0.1) is 15.6 Å². The maximum Gasteiger partial charge on any atom is 0.202 e. The van der Waals surface area contributed by atoms with Crippen molar-refractivity contribution in [1.82, 2.24) is 0 Å². The second-order valence-electron chi connectivity index (χ2n) is 3.98. The van der Waals surface area contributed by atoms with Crippen molar-refractivity contribution in [3.63, 3.8) is 0 Å². The van der Waals surface area contributed by atoms with Gasteiger partial charge in [-0.15, -0.1) is 0 Å². The summed E-state index contributed by atoms with van der Waals surface area (Å²) in [6, 6.07) is 4.45. The molecule has 0 unspecified atom stereocenters. The standard InChI is InChI=1S/C13H9BrO6/c14-8-4-7(11(18)13(20)12(8)19)10(17)6-2-1-5(15)3-9(6)16/h1-4,15-16,18-20H. The lowest BCUT2D eigenvalue weighted by molar-refractivity contribution is 0.103. The summed E-state index contributed by atoms with van der Waals surface area (Å²) in [5.74, 6) is -3.73. The number of benzene rings is 2. The lowest BCUT2D eigenvalue weighted by atomic mass is 10.0. The topological polar surface area (TPSA) is 118 Å². The van der Waals surface area contributed by atoms with Crippen LogP contribution in [-0.2, 0) is 0 Å². The van der Waals surface area contributed by atoms with Gasteiger partial charge in [0.2, 0.25) is 11.5 Å². The first-order chi connectivity index (χ1) is 9.32. The monoisotopic (exact) mass is 340 g/mol. The van der Waals surface area contributed by atoms with Gasteiger partial charge < -0.3 is 25.5 Å². The Labute approximate surface area is 121 Å². The highest BCUT2D eigenvalue weighted by Gasteiger charge is 2.23. The van der Waals surface area contributed by atoms with E-state index in [-0.39, 0.29) is 21.3 Å². The minimum Gasteiger partial charge on any atom is -0.508 e. The highest BCUT2D eigenvalue weighted by atomic mass is 79.9. The Morgan fingerprint density at radius 3 is 2.10 bits per heavy atom. The Morgan fingerprint density at radius 2 is 1.50 bits per heavy atom. The van der Waals surface area contributed by atoms with Crippen LogP contribution in [0.5, 0.6) is 28.7 Å². The number of aromatic hydroxyl groups is 5. The van der Waals surface area contributed by atoms with Crippen LogP contribution in [0.3, 0.4) is 0 Å². The zero-order valence-electron chi connectivity index (χ0n) is 9.83. The third kappa shape index (κ3) is 2.23. The Hall–Kier alpha value is -2.41. The second kappa shape index (κ2) is 4.93. The molecule has 104 valence electrons. The van der Waals surface area contributed by atoms with Gasteiger partial charge in [0, 0.05) is 6.07 Å². The van der Waals surface area contributed by atoms with Crippen LogP contribution in [0.25, 0.3) is 0 Å². The number of phenolic OH excluding ortho intramolecular Hbond substituents is 5. The first kappa shape index (κ1) is 14.0. The van der Waals surface area contributed by atoms with Crippen molar-refractivity contribution in [3.8, 4) is 28.7 Å². The third-order valence-electron chi connectivity index (χ3n) is 2.67. The van der Waals surface area contributed by atoms with Crippen LogP contribution in [-0.4, -0.2) is 31.3 Å². The molecule has 0 fully saturated rings. The highest BCUT2D eigenvalue weighted by Crippen LogP contribution is 2.43. The normalized spacial score (nSPS) is 10.4. The number of hydrogen-bond acceptors (Lipinski definition) is 6. The van der Waals surface area contributed by atoms with E-state index in [4.69, 9.17) is 5.11 Å². The molecule has 0 amide bonds. The van der Waals surface area contributed by atoms with E-state index < -0.39 is 28.8 Å². The molecule has 0 aromatic heterocycles. The number of carbonyl (C=O) groups excluding carboxylic acids is 1. The first-order valence-corrected chi connectivity index (χ1v) is 6.12. The van der Waals surface area contributed by atoms with Gasteiger partial charge in [-0.1, -0.05) is 0 Å². The van der Waals surface area contributed by atoms with E-state index in [0.717, 1.165) is 12.1 Å². The fourth-order valence-corrected chi connectivity index (χ4v) is 2.06. The third-order valence-corrected chi connectivity index (χ3v) is 3.28. The van der Waals surface area contributed by atoms with Crippen molar-refractivity contribution in [1.29, 1.82) is 0 Å². The number of hydrogen-bond donors (Lipinski definition) is 5. The molecule has 2 aromatic carbocycles. The van der Waals surface area contributed by atoms with E-state index >= 15 is 0 Å². The molecule has 0 radical (unpaired) electrons. The van der Waals surface area contributed by atoms with E-state index in [0.29, 0.717) is 0 Å². The first-order valence-electron chi connectivity index (χ1n) is 5.33. The van der Waals surface area contributed by atoms with Gasteiger partial charge in [0.1, 0.15) is 11.5 Å². The van der Waals surface area contributed by atoms with Crippen molar-refractivity contribution in [2.45, 2.75) is 0 Å². The molecule has 0 aliphatic carbocycles.